The summed E-state index contributed by atoms with van der Waals surface area (Å²) in [5.41, 5.74) is -3.52. The fourth-order valence-corrected chi connectivity index (χ4v) is 13.0. The van der Waals surface area contributed by atoms with Crippen molar-refractivity contribution >= 4 is 10.4 Å². The van der Waals surface area contributed by atoms with Crippen LogP contribution in [0.15, 0.2) is 12.2 Å². The minimum atomic E-state index is -5.04. The second kappa shape index (κ2) is 17.9. The number of rotatable bonds is 13. The molecule has 2 aliphatic heterocycles. The van der Waals surface area contributed by atoms with Gasteiger partial charge in [-0.05, 0) is 72.5 Å². The molecule has 0 spiro atoms. The van der Waals surface area contributed by atoms with E-state index in [4.69, 9.17) is 27.9 Å². The van der Waals surface area contributed by atoms with Crippen LogP contribution < -0.4 is 0 Å². The standard InChI is InChI=1S/C40H68O18S/c1-18(2)20(11-14-54-36-34(30(46)23(43)16-55-36)57-37-33(53-6)29(45)22(42)17-56-37)8-7-19(3)26-31(47)32(48)35-39(26,5)13-10-25-38(4)12-9-21(41)28(44)27(38)24(15-40(25,35)49)58-59(50,51)52/h7-8,18-37,41-49H,9-17H2,1-6H3,(H,50,51,52)/b8-7+/t19-,20-,21+,22-,23-,24+,25-,26+,27+,28+,29+,30+,31-,32-,33-,34-,35-,36-,37+,38-,39-,40+/m1/s1. The fourth-order valence-electron chi connectivity index (χ4n) is 12.5. The molecule has 4 saturated carbocycles. The first-order valence-electron chi connectivity index (χ1n) is 21.0. The molecular weight excluding hydrogens is 800 g/mol. The van der Waals surface area contributed by atoms with Crippen molar-refractivity contribution in [3.8, 4) is 0 Å². The molecule has 342 valence electrons. The van der Waals surface area contributed by atoms with E-state index in [0.717, 1.165) is 0 Å². The van der Waals surface area contributed by atoms with Gasteiger partial charge in [-0.1, -0.05) is 46.8 Å². The third-order valence-corrected chi connectivity index (χ3v) is 15.8. The Morgan fingerprint density at radius 1 is 0.780 bits per heavy atom. The van der Waals surface area contributed by atoms with E-state index >= 15 is 0 Å². The molecule has 4 aliphatic carbocycles. The molecule has 6 fully saturated rings. The Balaban J connectivity index is 1.16. The van der Waals surface area contributed by atoms with Gasteiger partial charge in [0.2, 0.25) is 0 Å². The Labute approximate surface area is 346 Å². The summed E-state index contributed by atoms with van der Waals surface area (Å²) in [5.74, 6) is -3.17. The van der Waals surface area contributed by atoms with Crippen LogP contribution in [-0.4, -0.2) is 171 Å². The summed E-state index contributed by atoms with van der Waals surface area (Å²) in [4.78, 5) is 0. The van der Waals surface area contributed by atoms with Gasteiger partial charge in [-0.3, -0.25) is 4.55 Å². The van der Waals surface area contributed by atoms with Crippen molar-refractivity contribution in [3.05, 3.63) is 12.2 Å². The maximum absolute atomic E-state index is 12.8. The molecule has 22 atom stereocenters. The van der Waals surface area contributed by atoms with Crippen LogP contribution in [0.5, 0.6) is 0 Å². The van der Waals surface area contributed by atoms with E-state index in [0.29, 0.717) is 25.7 Å². The molecule has 6 aliphatic rings. The summed E-state index contributed by atoms with van der Waals surface area (Å²) in [7, 11) is -3.73. The van der Waals surface area contributed by atoms with Gasteiger partial charge in [-0.15, -0.1) is 0 Å². The topological polar surface area (TPSA) is 292 Å². The van der Waals surface area contributed by atoms with E-state index < -0.39 is 130 Å². The van der Waals surface area contributed by atoms with Crippen molar-refractivity contribution in [2.45, 2.75) is 158 Å². The lowest BCUT2D eigenvalue weighted by Gasteiger charge is -2.66. The molecular formula is C40H68O18S. The van der Waals surface area contributed by atoms with Crippen molar-refractivity contribution in [2.24, 2.45) is 52.3 Å². The number of aliphatic hydroxyl groups is 9. The lowest BCUT2D eigenvalue weighted by molar-refractivity contribution is -0.345. The molecule has 59 heavy (non-hydrogen) atoms. The Morgan fingerprint density at radius 3 is 2.00 bits per heavy atom. The number of ether oxygens (including phenoxy) is 5. The van der Waals surface area contributed by atoms with E-state index in [1.54, 1.807) is 0 Å². The first-order valence-corrected chi connectivity index (χ1v) is 22.4. The van der Waals surface area contributed by atoms with Gasteiger partial charge >= 0.3 is 10.4 Å². The van der Waals surface area contributed by atoms with E-state index in [-0.39, 0.29) is 50.4 Å². The highest BCUT2D eigenvalue weighted by atomic mass is 32.3. The van der Waals surface area contributed by atoms with Crippen molar-refractivity contribution in [1.82, 2.24) is 0 Å². The third-order valence-electron chi connectivity index (χ3n) is 15.4. The van der Waals surface area contributed by atoms with E-state index in [1.165, 1.54) is 7.11 Å². The van der Waals surface area contributed by atoms with Gasteiger partial charge in [0.05, 0.1) is 55.9 Å². The van der Waals surface area contributed by atoms with Crippen LogP contribution in [-0.2, 0) is 38.3 Å². The number of hydrogen-bond acceptors (Lipinski definition) is 17. The minimum Gasteiger partial charge on any atom is -0.390 e. The fraction of sp³-hybridized carbons (Fsp3) is 0.950. The first-order chi connectivity index (χ1) is 27.5. The highest BCUT2D eigenvalue weighted by Gasteiger charge is 2.74. The zero-order chi connectivity index (χ0) is 43.6. The van der Waals surface area contributed by atoms with E-state index in [9.17, 15) is 58.9 Å². The molecule has 0 aromatic carbocycles. The van der Waals surface area contributed by atoms with Crippen molar-refractivity contribution in [2.75, 3.05) is 26.9 Å². The van der Waals surface area contributed by atoms with Crippen LogP contribution >= 0.6 is 0 Å². The molecule has 0 aromatic rings. The lowest BCUT2D eigenvalue weighted by Crippen LogP contribution is -2.71. The van der Waals surface area contributed by atoms with Gasteiger partial charge < -0.3 is 69.6 Å². The third kappa shape index (κ3) is 8.81. The number of hydrogen-bond donors (Lipinski definition) is 10. The first kappa shape index (κ1) is 47.5. The molecule has 18 nitrogen and oxygen atoms in total. The molecule has 0 amide bonds. The molecule has 0 bridgehead atoms. The predicted molar refractivity (Wildman–Crippen MR) is 205 cm³/mol. The Kier molecular flexibility index (Phi) is 14.4. The number of fused-ring (bicyclic) bond motifs is 5. The molecule has 0 unspecified atom stereocenters. The maximum Gasteiger partial charge on any atom is 0.397 e. The van der Waals surface area contributed by atoms with Gasteiger partial charge in [0.15, 0.2) is 12.6 Å². The highest BCUT2D eigenvalue weighted by Crippen LogP contribution is 2.70. The van der Waals surface area contributed by atoms with Gasteiger partial charge in [0.1, 0.15) is 36.6 Å². The maximum atomic E-state index is 12.8. The van der Waals surface area contributed by atoms with E-state index in [2.05, 4.69) is 0 Å². The van der Waals surface area contributed by atoms with Gasteiger partial charge in [0, 0.05) is 25.4 Å². The molecule has 2 saturated heterocycles. The summed E-state index contributed by atoms with van der Waals surface area (Å²) in [5, 5.41) is 99.9. The second-order valence-electron chi connectivity index (χ2n) is 19.1. The second-order valence-corrected chi connectivity index (χ2v) is 20.1. The zero-order valence-corrected chi connectivity index (χ0v) is 35.5. The van der Waals surface area contributed by atoms with Crippen LogP contribution in [0.1, 0.15) is 73.1 Å². The molecule has 2 heterocycles. The highest BCUT2D eigenvalue weighted by molar-refractivity contribution is 7.80. The van der Waals surface area contributed by atoms with Crippen LogP contribution in [0.4, 0.5) is 0 Å². The van der Waals surface area contributed by atoms with Crippen LogP contribution in [0.3, 0.4) is 0 Å². The number of allylic oxidation sites excluding steroid dienone is 2. The van der Waals surface area contributed by atoms with Crippen LogP contribution in [0.2, 0.25) is 0 Å². The molecule has 0 aromatic heterocycles. The predicted octanol–water partition coefficient (Wildman–Crippen LogP) is -0.741. The Bertz CT molecular complexity index is 1570. The Morgan fingerprint density at radius 2 is 1.39 bits per heavy atom. The van der Waals surface area contributed by atoms with Crippen LogP contribution in [0.25, 0.3) is 0 Å². The molecule has 19 heteroatoms. The normalized spacial score (nSPS) is 50.3. The minimum absolute atomic E-state index is 0.0549. The Hall–Kier alpha value is -0.950. The van der Waals surface area contributed by atoms with Crippen molar-refractivity contribution in [1.29, 1.82) is 0 Å². The van der Waals surface area contributed by atoms with Crippen LogP contribution in [0, 0.1) is 52.3 Å². The molecule has 10 N–H and O–H groups in total. The van der Waals surface area contributed by atoms with Crippen molar-refractivity contribution in [3.63, 3.8) is 0 Å². The number of methoxy groups -OCH3 is 1. The van der Waals surface area contributed by atoms with Gasteiger partial charge in [-0.25, -0.2) is 4.18 Å². The smallest absolute Gasteiger partial charge is 0.390 e. The lowest BCUT2D eigenvalue weighted by atomic mass is 9.41. The quantitative estimate of drug-likeness (QED) is 0.0806. The number of aliphatic hydroxyl groups excluding tert-OH is 8. The SMILES string of the molecule is CO[C@H]1[C@H](O[C@H]2[C@H](OCC[C@@H](/C=C/[C@@H](C)[C@H]3[C@@H](O)[C@@H](O)[C@@H]4[C@]3(C)CC[C@@H]3[C@@]5(C)CC[C@H](O)[C@H](O)[C@@H]5[C@@H](OS(=O)(=O)O)C[C@]34O)C(C)C)OC[C@@H](O)[C@@H]2O)OC[C@@H](O)[C@@H]1O. The van der Waals surface area contributed by atoms with Crippen molar-refractivity contribution < 1.29 is 86.8 Å². The van der Waals surface area contributed by atoms with Gasteiger partial charge in [-0.2, -0.15) is 8.42 Å². The largest absolute Gasteiger partial charge is 0.397 e. The molecule has 0 radical (unpaired) electrons. The summed E-state index contributed by atoms with van der Waals surface area (Å²) < 4.78 is 67.7. The monoisotopic (exact) mass is 868 g/mol. The zero-order valence-electron chi connectivity index (χ0n) is 34.7. The van der Waals surface area contributed by atoms with E-state index in [1.807, 2.05) is 46.8 Å². The van der Waals surface area contributed by atoms with Gasteiger partial charge in [0.25, 0.3) is 0 Å². The summed E-state index contributed by atoms with van der Waals surface area (Å²) in [6.45, 7) is 9.47. The summed E-state index contributed by atoms with van der Waals surface area (Å²) in [6.07, 6.45) is -10.8. The average Bonchev–Trinajstić information content (AvgIpc) is 3.35. The summed E-state index contributed by atoms with van der Waals surface area (Å²) >= 11 is 0. The average molecular weight is 869 g/mol. The molecule has 6 rings (SSSR count). The summed E-state index contributed by atoms with van der Waals surface area (Å²) in [6, 6.07) is 0.